The van der Waals surface area contributed by atoms with Crippen LogP contribution in [0.25, 0.3) is 0 Å². The lowest BCUT2D eigenvalue weighted by atomic mass is 9.98. The summed E-state index contributed by atoms with van der Waals surface area (Å²) in [5, 5.41) is 12.0. The number of anilines is 2. The van der Waals surface area contributed by atoms with E-state index in [-0.39, 0.29) is 11.5 Å². The molecule has 2 N–H and O–H groups in total. The van der Waals surface area contributed by atoms with Gasteiger partial charge in [-0.1, -0.05) is 12.1 Å². The second kappa shape index (κ2) is 12.9. The van der Waals surface area contributed by atoms with E-state index >= 15 is 0 Å². The van der Waals surface area contributed by atoms with Crippen LogP contribution in [0.1, 0.15) is 33.6 Å². The van der Waals surface area contributed by atoms with Crippen LogP contribution < -0.4 is 24.4 Å². The molecular formula is C32H31N3O6. The Morgan fingerprint density at radius 3 is 2.24 bits per heavy atom. The number of nitrogens with zero attached hydrogens (tertiary/aromatic N) is 2. The first kappa shape index (κ1) is 27.5. The second-order valence-corrected chi connectivity index (χ2v) is 9.74. The number of amides is 1. The Balaban J connectivity index is 1.10. The maximum atomic E-state index is 12.9. The first-order valence-corrected chi connectivity index (χ1v) is 13.4. The average Bonchev–Trinajstić information content (AvgIpc) is 3.01. The molecular weight excluding hydrogens is 522 g/mol. The fourth-order valence-electron chi connectivity index (χ4n) is 4.59. The summed E-state index contributed by atoms with van der Waals surface area (Å²) in [6.07, 6.45) is 3.54. The van der Waals surface area contributed by atoms with E-state index < -0.39 is 5.97 Å². The molecule has 0 unspecified atom stereocenters. The van der Waals surface area contributed by atoms with Gasteiger partial charge in [-0.05, 0) is 91.6 Å². The van der Waals surface area contributed by atoms with E-state index in [1.807, 2.05) is 24.3 Å². The molecule has 41 heavy (non-hydrogen) atoms. The van der Waals surface area contributed by atoms with Crippen molar-refractivity contribution in [3.63, 3.8) is 0 Å². The topological polar surface area (TPSA) is 110 Å². The Kier molecular flexibility index (Phi) is 8.64. The van der Waals surface area contributed by atoms with E-state index in [9.17, 15) is 9.59 Å². The molecule has 2 heterocycles. The summed E-state index contributed by atoms with van der Waals surface area (Å²) in [6.45, 7) is 2.22. The molecule has 0 saturated carbocycles. The number of benzene rings is 3. The third-order valence-corrected chi connectivity index (χ3v) is 6.90. The van der Waals surface area contributed by atoms with Gasteiger partial charge in [0, 0.05) is 18.7 Å². The first-order valence-electron chi connectivity index (χ1n) is 13.4. The zero-order valence-corrected chi connectivity index (χ0v) is 22.7. The minimum absolute atomic E-state index is 0.218. The number of hydrogen-bond acceptors (Lipinski definition) is 7. The molecule has 0 atom stereocenters. The van der Waals surface area contributed by atoms with Crippen LogP contribution in [-0.4, -0.2) is 48.8 Å². The molecule has 1 saturated heterocycles. The van der Waals surface area contributed by atoms with Crippen molar-refractivity contribution in [2.75, 3.05) is 37.0 Å². The highest BCUT2D eigenvalue weighted by Gasteiger charge is 2.21. The third kappa shape index (κ3) is 7.33. The van der Waals surface area contributed by atoms with Crippen LogP contribution in [-0.2, 0) is 0 Å². The summed E-state index contributed by atoms with van der Waals surface area (Å²) in [5.41, 5.74) is 1.29. The monoisotopic (exact) mass is 553 g/mol. The maximum absolute atomic E-state index is 12.9. The van der Waals surface area contributed by atoms with E-state index in [4.69, 9.17) is 19.3 Å². The van der Waals surface area contributed by atoms with Gasteiger partial charge in [0.15, 0.2) is 0 Å². The van der Waals surface area contributed by atoms with Crippen LogP contribution in [0.4, 0.5) is 11.5 Å². The van der Waals surface area contributed by atoms with Crippen LogP contribution >= 0.6 is 0 Å². The van der Waals surface area contributed by atoms with Crippen LogP contribution in [0.15, 0.2) is 91.1 Å². The molecule has 5 rings (SSSR count). The highest BCUT2D eigenvalue weighted by molar-refractivity contribution is 6.04. The fourth-order valence-corrected chi connectivity index (χ4v) is 4.59. The predicted molar refractivity (Wildman–Crippen MR) is 156 cm³/mol. The summed E-state index contributed by atoms with van der Waals surface area (Å²) in [6, 6.07) is 24.5. The highest BCUT2D eigenvalue weighted by atomic mass is 16.5. The summed E-state index contributed by atoms with van der Waals surface area (Å²) < 4.78 is 16.9. The van der Waals surface area contributed by atoms with Crippen molar-refractivity contribution < 1.29 is 28.9 Å². The molecule has 1 aliphatic rings. The van der Waals surface area contributed by atoms with Gasteiger partial charge < -0.3 is 29.5 Å². The van der Waals surface area contributed by atoms with E-state index in [1.165, 1.54) is 0 Å². The first-order chi connectivity index (χ1) is 20.0. The maximum Gasteiger partial charge on any atom is 0.335 e. The van der Waals surface area contributed by atoms with Gasteiger partial charge in [0.2, 0.25) is 0 Å². The van der Waals surface area contributed by atoms with Crippen molar-refractivity contribution in [2.45, 2.75) is 12.8 Å². The highest BCUT2D eigenvalue weighted by Crippen LogP contribution is 2.26. The predicted octanol–water partition coefficient (Wildman–Crippen LogP) is 6.13. The summed E-state index contributed by atoms with van der Waals surface area (Å²) in [4.78, 5) is 30.8. The normalized spacial score (nSPS) is 13.3. The zero-order valence-electron chi connectivity index (χ0n) is 22.7. The Labute approximate surface area is 238 Å². The lowest BCUT2D eigenvalue weighted by Gasteiger charge is -2.32. The molecule has 4 aromatic rings. The number of pyridine rings is 1. The fraction of sp³-hybridized carbons (Fsp3) is 0.219. The molecule has 0 aliphatic carbocycles. The molecule has 1 aliphatic heterocycles. The Morgan fingerprint density at radius 1 is 0.878 bits per heavy atom. The van der Waals surface area contributed by atoms with Gasteiger partial charge in [0.1, 0.15) is 28.8 Å². The van der Waals surface area contributed by atoms with E-state index in [2.05, 4.69) is 15.2 Å². The van der Waals surface area contributed by atoms with E-state index in [1.54, 1.807) is 74.0 Å². The molecule has 9 nitrogen and oxygen atoms in total. The van der Waals surface area contributed by atoms with Crippen molar-refractivity contribution in [3.8, 4) is 23.0 Å². The second-order valence-electron chi connectivity index (χ2n) is 9.74. The zero-order chi connectivity index (χ0) is 28.6. The number of piperidine rings is 1. The molecule has 210 valence electrons. The van der Waals surface area contributed by atoms with Gasteiger partial charge in [0.05, 0.1) is 31.2 Å². The number of carbonyl (C=O) groups excluding carboxylic acids is 1. The summed E-state index contributed by atoms with van der Waals surface area (Å²) in [7, 11) is 1.61. The van der Waals surface area contributed by atoms with Gasteiger partial charge in [-0.3, -0.25) is 4.79 Å². The smallest absolute Gasteiger partial charge is 0.335 e. The number of hydrogen-bond donors (Lipinski definition) is 2. The molecule has 1 amide bonds. The van der Waals surface area contributed by atoms with Crippen molar-refractivity contribution in [1.29, 1.82) is 0 Å². The number of carboxylic acids is 1. The van der Waals surface area contributed by atoms with Gasteiger partial charge in [0.25, 0.3) is 5.91 Å². The van der Waals surface area contributed by atoms with E-state index in [0.29, 0.717) is 41.0 Å². The number of rotatable bonds is 10. The molecule has 0 radical (unpaired) electrons. The van der Waals surface area contributed by atoms with Gasteiger partial charge in [-0.25, -0.2) is 9.78 Å². The molecule has 0 bridgehead atoms. The van der Waals surface area contributed by atoms with Crippen LogP contribution in [0.3, 0.4) is 0 Å². The van der Waals surface area contributed by atoms with E-state index in [0.717, 1.165) is 37.5 Å². The summed E-state index contributed by atoms with van der Waals surface area (Å²) >= 11 is 0. The van der Waals surface area contributed by atoms with Crippen molar-refractivity contribution >= 4 is 23.4 Å². The van der Waals surface area contributed by atoms with Crippen LogP contribution in [0.2, 0.25) is 0 Å². The average molecular weight is 554 g/mol. The van der Waals surface area contributed by atoms with Crippen molar-refractivity contribution in [3.05, 3.63) is 102 Å². The van der Waals surface area contributed by atoms with Crippen LogP contribution in [0, 0.1) is 5.92 Å². The van der Waals surface area contributed by atoms with Gasteiger partial charge in [-0.15, -0.1) is 0 Å². The van der Waals surface area contributed by atoms with Crippen LogP contribution in [0.5, 0.6) is 23.0 Å². The minimum atomic E-state index is -0.966. The minimum Gasteiger partial charge on any atom is -0.497 e. The Bertz CT molecular complexity index is 1480. The lowest BCUT2D eigenvalue weighted by Crippen LogP contribution is -2.36. The number of carboxylic acid groups (broad SMARTS) is 1. The quantitative estimate of drug-likeness (QED) is 0.241. The number of aromatic nitrogens is 1. The Hall–Kier alpha value is -5.05. The number of carbonyl (C=O) groups is 2. The molecule has 1 aromatic heterocycles. The van der Waals surface area contributed by atoms with Gasteiger partial charge in [-0.2, -0.15) is 0 Å². The summed E-state index contributed by atoms with van der Waals surface area (Å²) in [5.74, 6) is 2.52. The molecule has 9 heteroatoms. The third-order valence-electron chi connectivity index (χ3n) is 6.90. The number of ether oxygens (including phenoxy) is 3. The molecule has 0 spiro atoms. The number of aromatic carboxylic acids is 1. The molecule has 3 aromatic carbocycles. The largest absolute Gasteiger partial charge is 0.497 e. The number of methoxy groups -OCH3 is 1. The standard InChI is InChI=1S/C32H31N3O6/c1-39-26-9-11-27(12-10-26)41-29-7-2-4-23(18-29)31(36)34-25-8-13-30(33-20-25)35-16-14-22(15-17-35)21-40-28-6-3-5-24(19-28)32(37)38/h2-13,18-20,22H,14-17,21H2,1H3,(H,34,36)(H,37,38). The Morgan fingerprint density at radius 2 is 1.56 bits per heavy atom. The lowest BCUT2D eigenvalue weighted by molar-refractivity contribution is 0.0696. The van der Waals surface area contributed by atoms with Crippen molar-refractivity contribution in [2.24, 2.45) is 5.92 Å². The van der Waals surface area contributed by atoms with Crippen molar-refractivity contribution in [1.82, 2.24) is 4.98 Å². The SMILES string of the molecule is COc1ccc(Oc2cccc(C(=O)Nc3ccc(N4CCC(COc5cccc(C(=O)O)c5)CC4)nc3)c2)cc1. The number of nitrogens with one attached hydrogen (secondary N) is 1. The van der Waals surface area contributed by atoms with Gasteiger partial charge >= 0.3 is 5.97 Å². The molecule has 1 fully saturated rings.